The van der Waals surface area contributed by atoms with E-state index in [1.807, 2.05) is 25.1 Å². The zero-order valence-electron chi connectivity index (χ0n) is 15.3. The lowest BCUT2D eigenvalue weighted by Crippen LogP contribution is -2.32. The lowest BCUT2D eigenvalue weighted by Gasteiger charge is -2.10. The number of amides is 2. The normalized spacial score (nSPS) is 17.9. The molecule has 0 aliphatic carbocycles. The molecule has 0 saturated carbocycles. The second-order valence-corrected chi connectivity index (χ2v) is 6.97. The lowest BCUT2D eigenvalue weighted by atomic mass is 10.1. The molecular formula is C18H25N3O4S. The van der Waals surface area contributed by atoms with Crippen molar-refractivity contribution in [2.45, 2.75) is 31.4 Å². The topological polar surface area (TPSA) is 89.0 Å². The second-order valence-electron chi connectivity index (χ2n) is 5.78. The van der Waals surface area contributed by atoms with Crippen molar-refractivity contribution in [2.24, 2.45) is 4.99 Å². The van der Waals surface area contributed by atoms with Crippen molar-refractivity contribution in [2.75, 3.05) is 27.3 Å². The van der Waals surface area contributed by atoms with Crippen LogP contribution in [0.3, 0.4) is 0 Å². The quantitative estimate of drug-likeness (QED) is 0.682. The maximum atomic E-state index is 12.1. The molecule has 1 atom stereocenters. The summed E-state index contributed by atoms with van der Waals surface area (Å²) >= 11 is 1.32. The molecule has 142 valence electrons. The van der Waals surface area contributed by atoms with E-state index in [9.17, 15) is 9.59 Å². The van der Waals surface area contributed by atoms with Gasteiger partial charge in [0.25, 0.3) is 0 Å². The molecule has 0 spiro atoms. The van der Waals surface area contributed by atoms with Crippen molar-refractivity contribution < 1.29 is 19.1 Å². The third-order valence-electron chi connectivity index (χ3n) is 3.81. The molecule has 2 N–H and O–H groups in total. The van der Waals surface area contributed by atoms with E-state index < -0.39 is 5.25 Å². The Kier molecular flexibility index (Phi) is 7.77. The Labute approximate surface area is 157 Å². The molecule has 2 rings (SSSR count). The van der Waals surface area contributed by atoms with Gasteiger partial charge < -0.3 is 20.1 Å². The second kappa shape index (κ2) is 10.1. The highest BCUT2D eigenvalue weighted by molar-refractivity contribution is 8.15. The van der Waals surface area contributed by atoms with Crippen molar-refractivity contribution in [3.63, 3.8) is 0 Å². The number of thioether (sulfide) groups is 1. The van der Waals surface area contributed by atoms with Gasteiger partial charge in [0.2, 0.25) is 11.8 Å². The zero-order chi connectivity index (χ0) is 18.9. The average Bonchev–Trinajstić information content (AvgIpc) is 2.99. The summed E-state index contributed by atoms with van der Waals surface area (Å²) in [7, 11) is 3.18. The number of nitrogens with zero attached hydrogens (tertiary/aromatic N) is 1. The molecule has 0 radical (unpaired) electrons. The number of amidine groups is 1. The van der Waals surface area contributed by atoms with Crippen LogP contribution in [0.15, 0.2) is 23.2 Å². The molecule has 1 saturated heterocycles. The molecule has 0 bridgehead atoms. The summed E-state index contributed by atoms with van der Waals surface area (Å²) in [6.07, 6.45) is 1.73. The first-order valence-electron chi connectivity index (χ1n) is 8.57. The Balaban J connectivity index is 1.78. The number of methoxy groups -OCH3 is 2. The van der Waals surface area contributed by atoms with E-state index in [-0.39, 0.29) is 18.2 Å². The monoisotopic (exact) mass is 379 g/mol. The molecule has 1 aliphatic heterocycles. The van der Waals surface area contributed by atoms with Gasteiger partial charge in [-0.1, -0.05) is 24.8 Å². The molecule has 1 aromatic rings. The molecule has 1 aromatic carbocycles. The molecule has 8 heteroatoms. The number of rotatable bonds is 9. The number of hydrogen-bond donors (Lipinski definition) is 2. The van der Waals surface area contributed by atoms with Gasteiger partial charge in [-0.3, -0.25) is 14.6 Å². The third-order valence-corrected chi connectivity index (χ3v) is 4.93. The number of benzene rings is 1. The fourth-order valence-electron chi connectivity index (χ4n) is 2.45. The Bertz CT molecular complexity index is 678. The number of hydrogen-bond acceptors (Lipinski definition) is 6. The SMILES string of the molecule is CCCN=C1NC(=O)[C@@H](CC(=O)NCCc2ccc(OC)c(OC)c2)S1. The number of carbonyl (C=O) groups is 2. The van der Waals surface area contributed by atoms with Gasteiger partial charge in [0.05, 0.1) is 14.2 Å². The fraction of sp³-hybridized carbons (Fsp3) is 0.500. The Morgan fingerprint density at radius 3 is 2.77 bits per heavy atom. The van der Waals surface area contributed by atoms with E-state index in [0.29, 0.717) is 36.2 Å². The highest BCUT2D eigenvalue weighted by Gasteiger charge is 2.31. The zero-order valence-corrected chi connectivity index (χ0v) is 16.1. The van der Waals surface area contributed by atoms with E-state index >= 15 is 0 Å². The van der Waals surface area contributed by atoms with E-state index in [1.165, 1.54) is 11.8 Å². The summed E-state index contributed by atoms with van der Waals surface area (Å²) in [5.41, 5.74) is 1.03. The Hall–Kier alpha value is -2.22. The van der Waals surface area contributed by atoms with Crippen molar-refractivity contribution in [1.82, 2.24) is 10.6 Å². The van der Waals surface area contributed by atoms with E-state index in [2.05, 4.69) is 15.6 Å². The fourth-order valence-corrected chi connectivity index (χ4v) is 3.45. The number of carbonyl (C=O) groups excluding carboxylic acids is 2. The number of aliphatic imine (C=N–C) groups is 1. The molecule has 7 nitrogen and oxygen atoms in total. The third kappa shape index (κ3) is 5.66. The van der Waals surface area contributed by atoms with Gasteiger partial charge in [-0.05, 0) is 30.5 Å². The first kappa shape index (κ1) is 20.1. The summed E-state index contributed by atoms with van der Waals surface area (Å²) < 4.78 is 10.5. The molecule has 1 fully saturated rings. The van der Waals surface area contributed by atoms with Crippen molar-refractivity contribution in [3.8, 4) is 11.5 Å². The summed E-state index contributed by atoms with van der Waals surface area (Å²) in [5, 5.41) is 5.78. The predicted molar refractivity (Wildman–Crippen MR) is 103 cm³/mol. The summed E-state index contributed by atoms with van der Waals surface area (Å²) in [6, 6.07) is 5.67. The van der Waals surface area contributed by atoms with Gasteiger partial charge in [-0.25, -0.2) is 0 Å². The van der Waals surface area contributed by atoms with Gasteiger partial charge in [0, 0.05) is 19.5 Å². The predicted octanol–water partition coefficient (Wildman–Crippen LogP) is 1.75. The van der Waals surface area contributed by atoms with E-state index in [4.69, 9.17) is 9.47 Å². The van der Waals surface area contributed by atoms with Crippen LogP contribution in [0.4, 0.5) is 0 Å². The van der Waals surface area contributed by atoms with Crippen LogP contribution in [-0.2, 0) is 16.0 Å². The van der Waals surface area contributed by atoms with Crippen LogP contribution in [0.2, 0.25) is 0 Å². The minimum atomic E-state index is -0.410. The molecule has 26 heavy (non-hydrogen) atoms. The first-order valence-corrected chi connectivity index (χ1v) is 9.45. The van der Waals surface area contributed by atoms with Gasteiger partial charge in [-0.2, -0.15) is 0 Å². The molecule has 1 heterocycles. The highest BCUT2D eigenvalue weighted by atomic mass is 32.2. The van der Waals surface area contributed by atoms with Crippen LogP contribution >= 0.6 is 11.8 Å². The number of ether oxygens (including phenoxy) is 2. The smallest absolute Gasteiger partial charge is 0.240 e. The maximum absolute atomic E-state index is 12.1. The summed E-state index contributed by atoms with van der Waals surface area (Å²) in [5.74, 6) is 1.04. The maximum Gasteiger partial charge on any atom is 0.240 e. The lowest BCUT2D eigenvalue weighted by molar-refractivity contribution is -0.125. The minimum Gasteiger partial charge on any atom is -0.493 e. The van der Waals surface area contributed by atoms with E-state index in [0.717, 1.165) is 12.0 Å². The van der Waals surface area contributed by atoms with Gasteiger partial charge in [0.15, 0.2) is 16.7 Å². The molecule has 1 aliphatic rings. The van der Waals surface area contributed by atoms with Gasteiger partial charge in [-0.15, -0.1) is 0 Å². The summed E-state index contributed by atoms with van der Waals surface area (Å²) in [4.78, 5) is 28.3. The van der Waals surface area contributed by atoms with Crippen molar-refractivity contribution in [3.05, 3.63) is 23.8 Å². The van der Waals surface area contributed by atoms with Crippen molar-refractivity contribution >= 4 is 28.7 Å². The Morgan fingerprint density at radius 1 is 1.31 bits per heavy atom. The average molecular weight is 379 g/mol. The Morgan fingerprint density at radius 2 is 2.08 bits per heavy atom. The van der Waals surface area contributed by atoms with Crippen LogP contribution in [0.5, 0.6) is 11.5 Å². The van der Waals surface area contributed by atoms with E-state index in [1.54, 1.807) is 14.2 Å². The van der Waals surface area contributed by atoms with Crippen molar-refractivity contribution in [1.29, 1.82) is 0 Å². The van der Waals surface area contributed by atoms with Crippen LogP contribution in [0.25, 0.3) is 0 Å². The van der Waals surface area contributed by atoms with Gasteiger partial charge in [0.1, 0.15) is 5.25 Å². The molecule has 0 unspecified atom stereocenters. The number of nitrogens with one attached hydrogen (secondary N) is 2. The molecular weight excluding hydrogens is 354 g/mol. The van der Waals surface area contributed by atoms with Crippen LogP contribution in [-0.4, -0.2) is 49.5 Å². The first-order chi connectivity index (χ1) is 12.6. The van der Waals surface area contributed by atoms with Crippen LogP contribution in [0.1, 0.15) is 25.3 Å². The standard InChI is InChI=1S/C18H25N3O4S/c1-4-8-20-18-21-17(23)15(26-18)11-16(22)19-9-7-12-5-6-13(24-2)14(10-12)25-3/h5-6,10,15H,4,7-9,11H2,1-3H3,(H,19,22)(H,20,21,23)/t15-/m1/s1. The van der Waals surface area contributed by atoms with Crippen LogP contribution in [0, 0.1) is 0 Å². The molecule has 2 amide bonds. The van der Waals surface area contributed by atoms with Gasteiger partial charge >= 0.3 is 0 Å². The highest BCUT2D eigenvalue weighted by Crippen LogP contribution is 2.27. The minimum absolute atomic E-state index is 0.144. The molecule has 0 aromatic heterocycles. The summed E-state index contributed by atoms with van der Waals surface area (Å²) in [6.45, 7) is 3.19. The van der Waals surface area contributed by atoms with Crippen LogP contribution < -0.4 is 20.1 Å². The largest absolute Gasteiger partial charge is 0.493 e.